The summed E-state index contributed by atoms with van der Waals surface area (Å²) in [5.41, 5.74) is 1.71. The summed E-state index contributed by atoms with van der Waals surface area (Å²) in [5.74, 6) is 0.305. The number of benzene rings is 2. The molecule has 2 aromatic rings. The van der Waals surface area contributed by atoms with Crippen LogP contribution in [0.15, 0.2) is 42.5 Å². The zero-order valence-corrected chi connectivity index (χ0v) is 13.9. The van der Waals surface area contributed by atoms with Gasteiger partial charge in [-0.3, -0.25) is 0 Å². The van der Waals surface area contributed by atoms with Crippen molar-refractivity contribution >= 4 is 17.7 Å². The molecule has 1 unspecified atom stereocenters. The lowest BCUT2D eigenvalue weighted by atomic mass is 10.2. The highest BCUT2D eigenvalue weighted by Crippen LogP contribution is 2.21. The molecule has 0 radical (unpaired) electrons. The Morgan fingerprint density at radius 1 is 1.29 bits per heavy atom. The predicted octanol–water partition coefficient (Wildman–Crippen LogP) is 4.40. The molecule has 24 heavy (non-hydrogen) atoms. The molecule has 1 heterocycles. The van der Waals surface area contributed by atoms with E-state index in [1.54, 1.807) is 11.0 Å². The van der Waals surface area contributed by atoms with Crippen LogP contribution in [0, 0.1) is 5.82 Å². The first kappa shape index (κ1) is 16.6. The van der Waals surface area contributed by atoms with Crippen LogP contribution in [-0.2, 0) is 17.9 Å². The molecule has 6 heteroatoms. The minimum atomic E-state index is -0.372. The van der Waals surface area contributed by atoms with Crippen LogP contribution in [0.1, 0.15) is 18.1 Å². The third-order valence-electron chi connectivity index (χ3n) is 3.74. The minimum absolute atomic E-state index is 0.0689. The van der Waals surface area contributed by atoms with Gasteiger partial charge in [-0.2, -0.15) is 0 Å². The van der Waals surface area contributed by atoms with E-state index in [-0.39, 0.29) is 24.6 Å². The van der Waals surface area contributed by atoms with Crippen molar-refractivity contribution < 1.29 is 18.7 Å². The Kier molecular flexibility index (Phi) is 4.90. The maximum atomic E-state index is 13.0. The Labute approximate surface area is 144 Å². The second-order valence-electron chi connectivity index (χ2n) is 5.74. The fraction of sp³-hybridized carbons (Fsp3) is 0.278. The average Bonchev–Trinajstić information content (AvgIpc) is 2.85. The average molecular weight is 350 g/mol. The van der Waals surface area contributed by atoms with Crippen molar-refractivity contribution in [2.75, 3.05) is 6.54 Å². The van der Waals surface area contributed by atoms with Crippen molar-refractivity contribution in [1.82, 2.24) is 4.90 Å². The number of amides is 1. The lowest BCUT2D eigenvalue weighted by Gasteiger charge is -2.13. The van der Waals surface area contributed by atoms with E-state index < -0.39 is 0 Å². The summed E-state index contributed by atoms with van der Waals surface area (Å²) < 4.78 is 23.8. The molecule has 1 atom stereocenters. The zero-order valence-electron chi connectivity index (χ0n) is 13.2. The highest BCUT2D eigenvalue weighted by Gasteiger charge is 2.27. The van der Waals surface area contributed by atoms with Crippen LogP contribution < -0.4 is 4.74 Å². The van der Waals surface area contributed by atoms with Gasteiger partial charge in [0.25, 0.3) is 0 Å². The molecule has 0 spiro atoms. The van der Waals surface area contributed by atoms with E-state index in [0.717, 1.165) is 11.1 Å². The smallest absolute Gasteiger partial charge is 0.410 e. The molecule has 1 aliphatic heterocycles. The van der Waals surface area contributed by atoms with E-state index in [1.165, 1.54) is 12.1 Å². The summed E-state index contributed by atoms with van der Waals surface area (Å²) in [6.07, 6.45) is -0.352. The van der Waals surface area contributed by atoms with Crippen LogP contribution in [0.3, 0.4) is 0 Å². The minimum Gasteiger partial charge on any atom is -0.489 e. The van der Waals surface area contributed by atoms with Crippen LogP contribution in [0.4, 0.5) is 9.18 Å². The second-order valence-corrected chi connectivity index (χ2v) is 6.15. The van der Waals surface area contributed by atoms with E-state index in [0.29, 0.717) is 23.9 Å². The molecule has 0 N–H and O–H groups in total. The van der Waals surface area contributed by atoms with Crippen LogP contribution in [0.2, 0.25) is 5.02 Å². The number of hydrogen-bond acceptors (Lipinski definition) is 3. The molecule has 0 saturated carbocycles. The summed E-state index contributed by atoms with van der Waals surface area (Å²) in [5, 5.41) is 0.341. The first-order valence-electron chi connectivity index (χ1n) is 7.62. The SMILES string of the molecule is CC1CN(Cc2ccc(OCc3ccc(F)cc3Cl)cc2)C(=O)O1. The molecular weight excluding hydrogens is 333 g/mol. The number of ether oxygens (including phenoxy) is 2. The van der Waals surface area contributed by atoms with E-state index in [9.17, 15) is 9.18 Å². The summed E-state index contributed by atoms with van der Waals surface area (Å²) in [4.78, 5) is 13.3. The fourth-order valence-electron chi connectivity index (χ4n) is 2.51. The first-order chi connectivity index (χ1) is 11.5. The van der Waals surface area contributed by atoms with E-state index in [2.05, 4.69) is 0 Å². The van der Waals surface area contributed by atoms with E-state index in [4.69, 9.17) is 21.1 Å². The Balaban J connectivity index is 1.57. The van der Waals surface area contributed by atoms with Gasteiger partial charge in [-0.05, 0) is 36.8 Å². The lowest BCUT2D eigenvalue weighted by Crippen LogP contribution is -2.24. The van der Waals surface area contributed by atoms with Gasteiger partial charge in [0.05, 0.1) is 11.6 Å². The Bertz CT molecular complexity index is 736. The summed E-state index contributed by atoms with van der Waals surface area (Å²) >= 11 is 5.97. The Morgan fingerprint density at radius 3 is 2.67 bits per heavy atom. The van der Waals surface area contributed by atoms with Gasteiger partial charge in [-0.1, -0.05) is 29.8 Å². The van der Waals surface area contributed by atoms with Crippen LogP contribution >= 0.6 is 11.6 Å². The quantitative estimate of drug-likeness (QED) is 0.803. The molecular formula is C18H17ClFNO3. The number of carbonyl (C=O) groups excluding carboxylic acids is 1. The lowest BCUT2D eigenvalue weighted by molar-refractivity contribution is 0.137. The van der Waals surface area contributed by atoms with Gasteiger partial charge in [0, 0.05) is 12.1 Å². The number of carbonyl (C=O) groups is 1. The molecule has 4 nitrogen and oxygen atoms in total. The monoisotopic (exact) mass is 349 g/mol. The third kappa shape index (κ3) is 3.97. The molecule has 1 saturated heterocycles. The molecule has 1 aliphatic rings. The van der Waals surface area contributed by atoms with Gasteiger partial charge in [-0.15, -0.1) is 0 Å². The van der Waals surface area contributed by atoms with Crippen molar-refractivity contribution in [3.8, 4) is 5.75 Å². The normalized spacial score (nSPS) is 17.0. The fourth-order valence-corrected chi connectivity index (χ4v) is 2.73. The highest BCUT2D eigenvalue weighted by molar-refractivity contribution is 6.31. The maximum Gasteiger partial charge on any atom is 0.410 e. The van der Waals surface area contributed by atoms with Crippen molar-refractivity contribution in [2.45, 2.75) is 26.2 Å². The molecule has 1 amide bonds. The predicted molar refractivity (Wildman–Crippen MR) is 88.5 cm³/mol. The molecule has 0 aromatic heterocycles. The Morgan fingerprint density at radius 2 is 2.04 bits per heavy atom. The largest absolute Gasteiger partial charge is 0.489 e. The molecule has 0 bridgehead atoms. The van der Waals surface area contributed by atoms with Gasteiger partial charge in [0.15, 0.2) is 0 Å². The van der Waals surface area contributed by atoms with Gasteiger partial charge in [0.1, 0.15) is 24.3 Å². The topological polar surface area (TPSA) is 38.8 Å². The van der Waals surface area contributed by atoms with E-state index >= 15 is 0 Å². The molecule has 0 aliphatic carbocycles. The second kappa shape index (κ2) is 7.09. The van der Waals surface area contributed by atoms with E-state index in [1.807, 2.05) is 31.2 Å². The third-order valence-corrected chi connectivity index (χ3v) is 4.10. The number of cyclic esters (lactones) is 1. The summed E-state index contributed by atoms with van der Waals surface area (Å²) in [6, 6.07) is 11.7. The van der Waals surface area contributed by atoms with Crippen LogP contribution in [0.25, 0.3) is 0 Å². The van der Waals surface area contributed by atoms with Gasteiger partial charge >= 0.3 is 6.09 Å². The molecule has 1 fully saturated rings. The molecule has 3 rings (SSSR count). The first-order valence-corrected chi connectivity index (χ1v) is 8.00. The maximum absolute atomic E-state index is 13.0. The molecule has 2 aromatic carbocycles. The zero-order chi connectivity index (χ0) is 17.1. The van der Waals surface area contributed by atoms with Crippen LogP contribution in [0.5, 0.6) is 5.75 Å². The van der Waals surface area contributed by atoms with Crippen molar-refractivity contribution in [3.05, 3.63) is 64.4 Å². The Hall–Kier alpha value is -2.27. The molecule has 126 valence electrons. The standard InChI is InChI=1S/C18H17ClFNO3/c1-12-9-21(18(22)24-12)10-13-2-6-16(7-3-13)23-11-14-4-5-15(20)8-17(14)19/h2-8,12H,9-11H2,1H3. The van der Waals surface area contributed by atoms with Gasteiger partial charge < -0.3 is 14.4 Å². The number of nitrogens with zero attached hydrogens (tertiary/aromatic N) is 1. The summed E-state index contributed by atoms with van der Waals surface area (Å²) in [7, 11) is 0. The summed E-state index contributed by atoms with van der Waals surface area (Å²) in [6.45, 7) is 3.23. The number of rotatable bonds is 5. The number of hydrogen-bond donors (Lipinski definition) is 0. The van der Waals surface area contributed by atoms with Crippen molar-refractivity contribution in [3.63, 3.8) is 0 Å². The number of halogens is 2. The van der Waals surface area contributed by atoms with Gasteiger partial charge in [-0.25, -0.2) is 9.18 Å². The highest BCUT2D eigenvalue weighted by atomic mass is 35.5. The van der Waals surface area contributed by atoms with Crippen LogP contribution in [-0.4, -0.2) is 23.6 Å². The van der Waals surface area contributed by atoms with Gasteiger partial charge in [0.2, 0.25) is 0 Å². The van der Waals surface area contributed by atoms with Crippen molar-refractivity contribution in [1.29, 1.82) is 0 Å². The van der Waals surface area contributed by atoms with Crippen molar-refractivity contribution in [2.24, 2.45) is 0 Å².